The van der Waals surface area contributed by atoms with Crippen LogP contribution in [0.5, 0.6) is 0 Å². The van der Waals surface area contributed by atoms with Crippen LogP contribution in [0.3, 0.4) is 0 Å². The molecule has 0 radical (unpaired) electrons. The minimum atomic E-state index is 0.160. The lowest BCUT2D eigenvalue weighted by Gasteiger charge is -2.20. The van der Waals surface area contributed by atoms with Crippen LogP contribution in [-0.4, -0.2) is 40.4 Å². The molecule has 2 heterocycles. The Bertz CT molecular complexity index is 908. The van der Waals surface area contributed by atoms with Crippen molar-refractivity contribution in [2.24, 2.45) is 0 Å². The molecule has 1 saturated heterocycles. The molecule has 4 rings (SSSR count). The SMILES string of the molecule is Cc1ccccc1[C@H]1CCN(C(=O)CSc2nc3ccccc3o2)CCS1. The summed E-state index contributed by atoms with van der Waals surface area (Å²) in [5.74, 6) is 1.50. The minimum absolute atomic E-state index is 0.160. The van der Waals surface area contributed by atoms with Gasteiger partial charge in [0.1, 0.15) is 5.52 Å². The Labute approximate surface area is 167 Å². The maximum atomic E-state index is 12.7. The number of carbonyl (C=O) groups excluding carboxylic acids is 1. The first-order valence-electron chi connectivity index (χ1n) is 9.14. The third-order valence-electron chi connectivity index (χ3n) is 4.82. The number of fused-ring (bicyclic) bond motifs is 1. The van der Waals surface area contributed by atoms with Gasteiger partial charge in [0.2, 0.25) is 5.91 Å². The second-order valence-corrected chi connectivity index (χ2v) is 8.86. The molecular weight excluding hydrogens is 376 g/mol. The molecule has 140 valence electrons. The summed E-state index contributed by atoms with van der Waals surface area (Å²) in [5, 5.41) is 1.03. The summed E-state index contributed by atoms with van der Waals surface area (Å²) in [5.41, 5.74) is 4.33. The molecule has 0 bridgehead atoms. The number of thioether (sulfide) groups is 2. The number of benzene rings is 2. The van der Waals surface area contributed by atoms with E-state index in [1.165, 1.54) is 22.9 Å². The fourth-order valence-electron chi connectivity index (χ4n) is 3.34. The number of carbonyl (C=O) groups is 1. The van der Waals surface area contributed by atoms with Crippen molar-refractivity contribution in [3.05, 3.63) is 59.7 Å². The van der Waals surface area contributed by atoms with Gasteiger partial charge in [0.25, 0.3) is 5.22 Å². The first-order chi connectivity index (χ1) is 13.2. The lowest BCUT2D eigenvalue weighted by atomic mass is 10.0. The van der Waals surface area contributed by atoms with Crippen LogP contribution in [0, 0.1) is 6.92 Å². The molecule has 1 atom stereocenters. The third-order valence-corrected chi connectivity index (χ3v) is 6.95. The predicted molar refractivity (Wildman–Crippen MR) is 112 cm³/mol. The molecule has 1 aliphatic rings. The molecule has 1 aliphatic heterocycles. The van der Waals surface area contributed by atoms with Crippen LogP contribution in [0.4, 0.5) is 0 Å². The number of rotatable bonds is 4. The zero-order chi connectivity index (χ0) is 18.6. The highest BCUT2D eigenvalue weighted by Crippen LogP contribution is 2.36. The summed E-state index contributed by atoms with van der Waals surface area (Å²) in [6.07, 6.45) is 0.995. The number of para-hydroxylation sites is 2. The number of hydrogen-bond acceptors (Lipinski definition) is 5. The first-order valence-corrected chi connectivity index (χ1v) is 11.2. The van der Waals surface area contributed by atoms with E-state index in [2.05, 4.69) is 36.2 Å². The quantitative estimate of drug-likeness (QED) is 0.583. The molecule has 1 aromatic heterocycles. The Morgan fingerprint density at radius 2 is 2.04 bits per heavy atom. The number of nitrogens with zero attached hydrogens (tertiary/aromatic N) is 2. The number of aryl methyl sites for hydroxylation is 1. The molecule has 1 fully saturated rings. The van der Waals surface area contributed by atoms with Gasteiger partial charge >= 0.3 is 0 Å². The highest BCUT2D eigenvalue weighted by atomic mass is 32.2. The number of aromatic nitrogens is 1. The van der Waals surface area contributed by atoms with E-state index in [1.807, 2.05) is 40.9 Å². The molecule has 0 N–H and O–H groups in total. The van der Waals surface area contributed by atoms with Crippen molar-refractivity contribution >= 4 is 40.5 Å². The van der Waals surface area contributed by atoms with Crippen LogP contribution in [0.1, 0.15) is 22.8 Å². The Balaban J connectivity index is 1.34. The van der Waals surface area contributed by atoms with Gasteiger partial charge in [-0.1, -0.05) is 48.2 Å². The normalized spacial score (nSPS) is 17.8. The minimum Gasteiger partial charge on any atom is -0.431 e. The fraction of sp³-hybridized carbons (Fsp3) is 0.333. The van der Waals surface area contributed by atoms with Crippen molar-refractivity contribution in [2.45, 2.75) is 23.8 Å². The van der Waals surface area contributed by atoms with Crippen molar-refractivity contribution in [3.8, 4) is 0 Å². The molecule has 0 aliphatic carbocycles. The second-order valence-electron chi connectivity index (χ2n) is 6.62. The van der Waals surface area contributed by atoms with Crippen LogP contribution >= 0.6 is 23.5 Å². The maximum absolute atomic E-state index is 12.7. The van der Waals surface area contributed by atoms with Gasteiger partial charge in [-0.2, -0.15) is 11.8 Å². The van der Waals surface area contributed by atoms with Gasteiger partial charge in [-0.3, -0.25) is 4.79 Å². The van der Waals surface area contributed by atoms with Crippen molar-refractivity contribution < 1.29 is 9.21 Å². The van der Waals surface area contributed by atoms with E-state index < -0.39 is 0 Å². The van der Waals surface area contributed by atoms with E-state index in [1.54, 1.807) is 0 Å². The van der Waals surface area contributed by atoms with E-state index in [-0.39, 0.29) is 5.91 Å². The average Bonchev–Trinajstić information content (AvgIpc) is 2.94. The fourth-order valence-corrected chi connectivity index (χ4v) is 5.41. The summed E-state index contributed by atoms with van der Waals surface area (Å²) in [7, 11) is 0. The van der Waals surface area contributed by atoms with Crippen LogP contribution in [0.2, 0.25) is 0 Å². The Hall–Kier alpha value is -1.92. The van der Waals surface area contributed by atoms with Gasteiger partial charge in [0, 0.05) is 24.1 Å². The van der Waals surface area contributed by atoms with E-state index in [0.717, 1.165) is 36.4 Å². The number of amides is 1. The van der Waals surface area contributed by atoms with Gasteiger partial charge in [-0.25, -0.2) is 4.98 Å². The Kier molecular flexibility index (Phi) is 5.74. The standard InChI is InChI=1S/C21H22N2O2S2/c1-15-6-2-3-7-16(15)19-10-11-23(12-13-26-19)20(24)14-27-21-22-17-8-4-5-9-18(17)25-21/h2-9,19H,10-14H2,1H3/t19-/m1/s1. The molecule has 3 aromatic rings. The molecule has 27 heavy (non-hydrogen) atoms. The Morgan fingerprint density at radius 3 is 2.89 bits per heavy atom. The third kappa shape index (κ3) is 4.33. The van der Waals surface area contributed by atoms with Gasteiger partial charge < -0.3 is 9.32 Å². The zero-order valence-electron chi connectivity index (χ0n) is 15.3. The van der Waals surface area contributed by atoms with Crippen LogP contribution in [0.25, 0.3) is 11.1 Å². The number of oxazole rings is 1. The van der Waals surface area contributed by atoms with Crippen LogP contribution < -0.4 is 0 Å². The largest absolute Gasteiger partial charge is 0.431 e. The van der Waals surface area contributed by atoms with Gasteiger partial charge in [-0.05, 0) is 36.6 Å². The van der Waals surface area contributed by atoms with E-state index in [9.17, 15) is 4.79 Å². The molecule has 1 amide bonds. The second kappa shape index (κ2) is 8.40. The van der Waals surface area contributed by atoms with E-state index in [4.69, 9.17) is 4.42 Å². The van der Waals surface area contributed by atoms with E-state index >= 15 is 0 Å². The topological polar surface area (TPSA) is 46.3 Å². The molecule has 2 aromatic carbocycles. The monoisotopic (exact) mass is 398 g/mol. The maximum Gasteiger partial charge on any atom is 0.257 e. The Morgan fingerprint density at radius 1 is 1.22 bits per heavy atom. The van der Waals surface area contributed by atoms with Crippen molar-refractivity contribution in [1.29, 1.82) is 0 Å². The molecule has 0 spiro atoms. The lowest BCUT2D eigenvalue weighted by molar-refractivity contribution is -0.128. The predicted octanol–water partition coefficient (Wildman–Crippen LogP) is 4.94. The van der Waals surface area contributed by atoms with Gasteiger partial charge in [0.15, 0.2) is 5.58 Å². The highest BCUT2D eigenvalue weighted by Gasteiger charge is 2.23. The van der Waals surface area contributed by atoms with Crippen LogP contribution in [-0.2, 0) is 4.79 Å². The zero-order valence-corrected chi connectivity index (χ0v) is 16.9. The van der Waals surface area contributed by atoms with Crippen molar-refractivity contribution in [2.75, 3.05) is 24.6 Å². The number of hydrogen-bond donors (Lipinski definition) is 0. The van der Waals surface area contributed by atoms with Crippen LogP contribution in [0.15, 0.2) is 58.2 Å². The summed E-state index contributed by atoms with van der Waals surface area (Å²) in [6.45, 7) is 3.78. The molecular formula is C21H22N2O2S2. The summed E-state index contributed by atoms with van der Waals surface area (Å²) < 4.78 is 5.70. The van der Waals surface area contributed by atoms with Crippen molar-refractivity contribution in [1.82, 2.24) is 9.88 Å². The molecule has 0 unspecified atom stereocenters. The van der Waals surface area contributed by atoms with Gasteiger partial charge in [-0.15, -0.1) is 0 Å². The molecule has 4 nitrogen and oxygen atoms in total. The van der Waals surface area contributed by atoms with Gasteiger partial charge in [0.05, 0.1) is 5.75 Å². The summed E-state index contributed by atoms with van der Waals surface area (Å²) in [6, 6.07) is 16.2. The highest BCUT2D eigenvalue weighted by molar-refractivity contribution is 7.99. The lowest BCUT2D eigenvalue weighted by Crippen LogP contribution is -2.34. The average molecular weight is 399 g/mol. The summed E-state index contributed by atoms with van der Waals surface area (Å²) >= 11 is 3.34. The van der Waals surface area contributed by atoms with E-state index in [0.29, 0.717) is 16.2 Å². The molecule has 0 saturated carbocycles. The summed E-state index contributed by atoms with van der Waals surface area (Å²) in [4.78, 5) is 19.1. The van der Waals surface area contributed by atoms with Crippen molar-refractivity contribution in [3.63, 3.8) is 0 Å². The smallest absolute Gasteiger partial charge is 0.257 e. The molecule has 6 heteroatoms. The first kappa shape index (κ1) is 18.4.